The van der Waals surface area contributed by atoms with E-state index < -0.39 is 8.80 Å². The third kappa shape index (κ3) is 11.7. The van der Waals surface area contributed by atoms with Gasteiger partial charge in [-0.3, -0.25) is 0 Å². The Morgan fingerprint density at radius 3 is 1.23 bits per heavy atom. The maximum atomic E-state index is 6.23. The molecule has 0 aromatic carbocycles. The Bertz CT molecular complexity index is 270. The first-order chi connectivity index (χ1) is 12.7. The van der Waals surface area contributed by atoms with Gasteiger partial charge >= 0.3 is 8.80 Å². The highest BCUT2D eigenvalue weighted by Crippen LogP contribution is 2.36. The van der Waals surface area contributed by atoms with E-state index in [2.05, 4.69) is 34.6 Å². The normalized spacial score (nSPS) is 13.3. The molecule has 0 spiro atoms. The summed E-state index contributed by atoms with van der Waals surface area (Å²) < 4.78 is 18.7. The van der Waals surface area contributed by atoms with E-state index in [1.165, 1.54) is 83.5 Å². The quantitative estimate of drug-likeness (QED) is 0.159. The van der Waals surface area contributed by atoms with E-state index in [1.807, 2.05) is 0 Å². The highest BCUT2D eigenvalue weighted by atomic mass is 28.4. The van der Waals surface area contributed by atoms with Gasteiger partial charge in [-0.05, 0) is 33.6 Å². The predicted molar refractivity (Wildman–Crippen MR) is 116 cm³/mol. The maximum Gasteiger partial charge on any atom is 0.504 e. The van der Waals surface area contributed by atoms with Gasteiger partial charge in [-0.1, -0.05) is 84.5 Å². The first-order valence-corrected chi connectivity index (χ1v) is 13.4. The fourth-order valence-electron chi connectivity index (χ4n) is 3.75. The lowest BCUT2D eigenvalue weighted by Gasteiger charge is -2.35. The lowest BCUT2D eigenvalue weighted by atomic mass is 10.0. The van der Waals surface area contributed by atoms with Gasteiger partial charge in [0, 0.05) is 25.4 Å². The summed E-state index contributed by atoms with van der Waals surface area (Å²) in [6, 6.07) is 0. The molecule has 1 unspecified atom stereocenters. The summed E-state index contributed by atoms with van der Waals surface area (Å²) in [5.41, 5.74) is 0.467. The monoisotopic (exact) mass is 388 g/mol. The van der Waals surface area contributed by atoms with Crippen molar-refractivity contribution < 1.29 is 13.3 Å². The number of hydrogen-bond acceptors (Lipinski definition) is 3. The fraction of sp³-hybridized carbons (Fsp3) is 1.00. The summed E-state index contributed by atoms with van der Waals surface area (Å²) in [4.78, 5) is 0. The van der Waals surface area contributed by atoms with Crippen LogP contribution in [-0.4, -0.2) is 28.6 Å². The van der Waals surface area contributed by atoms with Crippen molar-refractivity contribution in [3.8, 4) is 0 Å². The van der Waals surface area contributed by atoms with Crippen molar-refractivity contribution in [2.45, 2.75) is 124 Å². The Morgan fingerprint density at radius 1 is 0.500 bits per heavy atom. The van der Waals surface area contributed by atoms with Crippen molar-refractivity contribution in [3.63, 3.8) is 0 Å². The van der Waals surface area contributed by atoms with Crippen molar-refractivity contribution in [1.29, 1.82) is 0 Å². The average molecular weight is 389 g/mol. The van der Waals surface area contributed by atoms with Gasteiger partial charge in [-0.15, -0.1) is 0 Å². The van der Waals surface area contributed by atoms with Gasteiger partial charge in [-0.2, -0.15) is 0 Å². The third-order valence-corrected chi connectivity index (χ3v) is 8.75. The summed E-state index contributed by atoms with van der Waals surface area (Å²) in [5.74, 6) is 0. The fourth-order valence-corrected chi connectivity index (χ4v) is 7.02. The number of rotatable bonds is 20. The van der Waals surface area contributed by atoms with Crippen LogP contribution in [0.4, 0.5) is 0 Å². The number of unbranched alkanes of at least 4 members (excludes halogenated alkanes) is 9. The lowest BCUT2D eigenvalue weighted by molar-refractivity contribution is 0.0579. The Kier molecular flexibility index (Phi) is 18.5. The third-order valence-electron chi connectivity index (χ3n) is 5.10. The average Bonchev–Trinajstić information content (AvgIpc) is 2.63. The largest absolute Gasteiger partial charge is 0.504 e. The molecule has 0 rings (SSSR count). The predicted octanol–water partition coefficient (Wildman–Crippen LogP) is 7.52. The minimum atomic E-state index is -2.57. The Hall–Kier alpha value is 0.0969. The molecular weight excluding hydrogens is 340 g/mol. The van der Waals surface area contributed by atoms with Gasteiger partial charge in [0.2, 0.25) is 0 Å². The van der Waals surface area contributed by atoms with Crippen LogP contribution in [0.25, 0.3) is 0 Å². The van der Waals surface area contributed by atoms with Gasteiger partial charge in [0.05, 0.1) is 0 Å². The molecule has 0 saturated carbocycles. The molecule has 0 aliphatic rings. The Morgan fingerprint density at radius 2 is 0.846 bits per heavy atom. The molecule has 0 saturated heterocycles. The summed E-state index contributed by atoms with van der Waals surface area (Å²) >= 11 is 0. The molecule has 0 fully saturated rings. The molecule has 0 radical (unpaired) electrons. The molecule has 0 aromatic rings. The first kappa shape index (κ1) is 26.1. The van der Waals surface area contributed by atoms with Crippen LogP contribution in [0.5, 0.6) is 0 Å². The van der Waals surface area contributed by atoms with E-state index in [4.69, 9.17) is 13.3 Å². The van der Waals surface area contributed by atoms with Crippen LogP contribution in [0.15, 0.2) is 0 Å². The van der Waals surface area contributed by atoms with Crippen molar-refractivity contribution in [3.05, 3.63) is 0 Å². The zero-order valence-electron chi connectivity index (χ0n) is 18.6. The molecule has 0 heterocycles. The lowest BCUT2D eigenvalue weighted by Crippen LogP contribution is -2.50. The van der Waals surface area contributed by atoms with Crippen molar-refractivity contribution in [2.24, 2.45) is 0 Å². The minimum absolute atomic E-state index is 0.467. The van der Waals surface area contributed by atoms with E-state index in [1.54, 1.807) is 0 Å². The van der Waals surface area contributed by atoms with Crippen LogP contribution >= 0.6 is 0 Å². The molecular formula is C22H48O3Si. The second-order valence-electron chi connectivity index (χ2n) is 7.36. The smallest absolute Gasteiger partial charge is 0.374 e. The topological polar surface area (TPSA) is 27.7 Å². The molecule has 0 amide bonds. The molecule has 4 heteroatoms. The molecule has 3 nitrogen and oxygen atoms in total. The van der Waals surface area contributed by atoms with Gasteiger partial charge in [0.25, 0.3) is 0 Å². The number of hydrogen-bond donors (Lipinski definition) is 0. The van der Waals surface area contributed by atoms with Crippen molar-refractivity contribution >= 4 is 8.80 Å². The highest BCUT2D eigenvalue weighted by molar-refractivity contribution is 6.62. The highest BCUT2D eigenvalue weighted by Gasteiger charge is 2.48. The van der Waals surface area contributed by atoms with Gasteiger partial charge in [0.1, 0.15) is 0 Å². The van der Waals surface area contributed by atoms with Crippen molar-refractivity contribution in [2.75, 3.05) is 19.8 Å². The van der Waals surface area contributed by atoms with E-state index in [0.29, 0.717) is 25.4 Å². The summed E-state index contributed by atoms with van der Waals surface area (Å²) in [5, 5.41) is 0. The first-order valence-electron chi connectivity index (χ1n) is 11.6. The van der Waals surface area contributed by atoms with E-state index in [9.17, 15) is 0 Å². The van der Waals surface area contributed by atoms with E-state index in [0.717, 1.165) is 0 Å². The van der Waals surface area contributed by atoms with Gasteiger partial charge < -0.3 is 13.3 Å². The molecule has 0 aliphatic heterocycles. The molecule has 26 heavy (non-hydrogen) atoms. The zero-order chi connectivity index (χ0) is 19.5. The second-order valence-corrected chi connectivity index (χ2v) is 10.2. The standard InChI is InChI=1S/C22H48O3Si/c1-6-11-13-15-16-17-19-21-22(20-18-14-12-7-2)26(23-8-3,24-9-4)25-10-5/h22H,6-21H2,1-5H3. The second kappa shape index (κ2) is 18.5. The summed E-state index contributed by atoms with van der Waals surface area (Å²) in [6.07, 6.45) is 17.1. The zero-order valence-corrected chi connectivity index (χ0v) is 19.6. The van der Waals surface area contributed by atoms with Crippen LogP contribution in [-0.2, 0) is 13.3 Å². The molecule has 0 aromatic heterocycles. The van der Waals surface area contributed by atoms with Gasteiger partial charge in [0.15, 0.2) is 0 Å². The minimum Gasteiger partial charge on any atom is -0.374 e. The molecule has 158 valence electrons. The summed E-state index contributed by atoms with van der Waals surface area (Å²) in [7, 11) is -2.57. The summed E-state index contributed by atoms with van der Waals surface area (Å²) in [6.45, 7) is 12.8. The molecule has 0 bridgehead atoms. The SMILES string of the molecule is CCCCCCCCCC(CCCCCC)[Si](OCC)(OCC)OCC. The van der Waals surface area contributed by atoms with Crippen LogP contribution in [0, 0.1) is 0 Å². The molecule has 1 atom stereocenters. The van der Waals surface area contributed by atoms with Crippen molar-refractivity contribution in [1.82, 2.24) is 0 Å². The Labute approximate surface area is 165 Å². The van der Waals surface area contributed by atoms with Crippen LogP contribution < -0.4 is 0 Å². The van der Waals surface area contributed by atoms with E-state index >= 15 is 0 Å². The molecule has 0 N–H and O–H groups in total. The van der Waals surface area contributed by atoms with Crippen LogP contribution in [0.1, 0.15) is 118 Å². The van der Waals surface area contributed by atoms with Gasteiger partial charge in [-0.25, -0.2) is 0 Å². The molecule has 0 aliphatic carbocycles. The Balaban J connectivity index is 4.68. The maximum absolute atomic E-state index is 6.23. The van der Waals surface area contributed by atoms with Crippen LogP contribution in [0.3, 0.4) is 0 Å². The van der Waals surface area contributed by atoms with E-state index in [-0.39, 0.29) is 0 Å². The van der Waals surface area contributed by atoms with Crippen LogP contribution in [0.2, 0.25) is 5.54 Å².